The number of ether oxygens (including phenoxy) is 3. The smallest absolute Gasteiger partial charge is 0.191 e. The van der Waals surface area contributed by atoms with E-state index in [1.54, 1.807) is 7.05 Å². The van der Waals surface area contributed by atoms with Gasteiger partial charge in [0.15, 0.2) is 5.96 Å². The van der Waals surface area contributed by atoms with Crippen LogP contribution in [-0.2, 0) is 9.47 Å². The third kappa shape index (κ3) is 8.43. The summed E-state index contributed by atoms with van der Waals surface area (Å²) in [6.07, 6.45) is 2.06. The minimum absolute atomic E-state index is 0.550. The maximum absolute atomic E-state index is 5.84. The predicted molar refractivity (Wildman–Crippen MR) is 101 cm³/mol. The van der Waals surface area contributed by atoms with Crippen molar-refractivity contribution >= 4 is 17.6 Å². The van der Waals surface area contributed by atoms with Gasteiger partial charge in [-0.1, -0.05) is 11.6 Å². The number of guanidine groups is 1. The summed E-state index contributed by atoms with van der Waals surface area (Å²) in [7, 11) is 1.76. The van der Waals surface area contributed by atoms with Crippen LogP contribution in [-0.4, -0.2) is 59.1 Å². The molecule has 1 fully saturated rings. The van der Waals surface area contributed by atoms with Crippen LogP contribution in [0.3, 0.4) is 0 Å². The molecule has 6 nitrogen and oxygen atoms in total. The zero-order valence-electron chi connectivity index (χ0n) is 14.8. The molecule has 0 amide bonds. The summed E-state index contributed by atoms with van der Waals surface area (Å²) in [6.45, 7) is 5.30. The van der Waals surface area contributed by atoms with Crippen LogP contribution in [0.4, 0.5) is 0 Å². The van der Waals surface area contributed by atoms with Crippen LogP contribution in [0.2, 0.25) is 5.02 Å². The third-order valence-corrected chi connectivity index (χ3v) is 4.09. The number of halogens is 1. The lowest BCUT2D eigenvalue weighted by atomic mass is 10.1. The van der Waals surface area contributed by atoms with Gasteiger partial charge in [-0.3, -0.25) is 4.99 Å². The molecule has 25 heavy (non-hydrogen) atoms. The van der Waals surface area contributed by atoms with Crippen LogP contribution in [0, 0.1) is 5.92 Å². The van der Waals surface area contributed by atoms with Gasteiger partial charge in [0, 0.05) is 37.7 Å². The lowest BCUT2D eigenvalue weighted by molar-refractivity contribution is 0.0888. The summed E-state index contributed by atoms with van der Waals surface area (Å²) in [4.78, 5) is 4.19. The van der Waals surface area contributed by atoms with Crippen LogP contribution in [0.5, 0.6) is 5.75 Å². The Balaban J connectivity index is 1.46. The molecule has 1 aliphatic heterocycles. The molecule has 0 aliphatic carbocycles. The quantitative estimate of drug-likeness (QED) is 0.376. The van der Waals surface area contributed by atoms with Crippen molar-refractivity contribution in [2.45, 2.75) is 12.8 Å². The Morgan fingerprint density at radius 1 is 1.24 bits per heavy atom. The molecule has 0 radical (unpaired) electrons. The van der Waals surface area contributed by atoms with Crippen molar-refractivity contribution in [2.75, 3.05) is 53.2 Å². The molecule has 140 valence electrons. The van der Waals surface area contributed by atoms with Crippen molar-refractivity contribution in [3.63, 3.8) is 0 Å². The molecule has 0 spiro atoms. The molecule has 1 unspecified atom stereocenters. The first kappa shape index (κ1) is 19.8. The number of hydrogen-bond acceptors (Lipinski definition) is 4. The van der Waals surface area contributed by atoms with Crippen LogP contribution >= 0.6 is 11.6 Å². The van der Waals surface area contributed by atoms with E-state index in [4.69, 9.17) is 25.8 Å². The van der Waals surface area contributed by atoms with Crippen molar-refractivity contribution in [2.24, 2.45) is 10.9 Å². The number of benzene rings is 1. The molecule has 7 heteroatoms. The Kier molecular flexibility index (Phi) is 9.47. The fourth-order valence-corrected chi connectivity index (χ4v) is 2.56. The van der Waals surface area contributed by atoms with E-state index in [-0.39, 0.29) is 0 Å². The van der Waals surface area contributed by atoms with Gasteiger partial charge in [-0.15, -0.1) is 0 Å². The predicted octanol–water partition coefficient (Wildman–Crippen LogP) is 2.33. The van der Waals surface area contributed by atoms with Crippen molar-refractivity contribution in [3.8, 4) is 5.75 Å². The van der Waals surface area contributed by atoms with Crippen molar-refractivity contribution in [1.82, 2.24) is 10.6 Å². The zero-order valence-corrected chi connectivity index (χ0v) is 15.6. The number of rotatable bonds is 10. The first-order valence-electron chi connectivity index (χ1n) is 8.76. The number of nitrogens with one attached hydrogen (secondary N) is 2. The first-order chi connectivity index (χ1) is 12.3. The van der Waals surface area contributed by atoms with Gasteiger partial charge in [-0.05, 0) is 37.1 Å². The van der Waals surface area contributed by atoms with E-state index in [1.165, 1.54) is 0 Å². The molecule has 1 aliphatic rings. The molecule has 1 aromatic rings. The maximum atomic E-state index is 5.84. The highest BCUT2D eigenvalue weighted by Crippen LogP contribution is 2.15. The molecule has 2 N–H and O–H groups in total. The molecule has 1 heterocycles. The largest absolute Gasteiger partial charge is 0.492 e. The summed E-state index contributed by atoms with van der Waals surface area (Å²) in [5, 5.41) is 7.19. The fraction of sp³-hybridized carbons (Fsp3) is 0.611. The molecule has 1 atom stereocenters. The SMILES string of the molecule is CN=C(NCCCOCC1CCOC1)NCCOc1ccc(Cl)cc1. The number of aliphatic imine (C=N–C) groups is 1. The summed E-state index contributed by atoms with van der Waals surface area (Å²) in [5.41, 5.74) is 0. The second kappa shape index (κ2) is 12.0. The first-order valence-corrected chi connectivity index (χ1v) is 9.14. The molecular formula is C18H28ClN3O3. The van der Waals surface area contributed by atoms with Gasteiger partial charge in [0.05, 0.1) is 19.8 Å². The summed E-state index contributed by atoms with van der Waals surface area (Å²) in [5.74, 6) is 2.14. The second-order valence-electron chi connectivity index (χ2n) is 5.89. The lowest BCUT2D eigenvalue weighted by Crippen LogP contribution is -2.39. The Hall–Kier alpha value is -1.50. The van der Waals surface area contributed by atoms with Crippen molar-refractivity contribution in [1.29, 1.82) is 0 Å². The van der Waals surface area contributed by atoms with Gasteiger partial charge in [-0.2, -0.15) is 0 Å². The maximum Gasteiger partial charge on any atom is 0.191 e. The highest BCUT2D eigenvalue weighted by Gasteiger charge is 2.15. The lowest BCUT2D eigenvalue weighted by Gasteiger charge is -2.13. The van der Waals surface area contributed by atoms with Crippen LogP contribution in [0.25, 0.3) is 0 Å². The number of nitrogens with zero attached hydrogens (tertiary/aromatic N) is 1. The Morgan fingerprint density at radius 2 is 2.04 bits per heavy atom. The van der Waals surface area contributed by atoms with Crippen molar-refractivity contribution < 1.29 is 14.2 Å². The normalized spacial score (nSPS) is 17.5. The Labute approximate surface area is 154 Å². The molecule has 2 rings (SSSR count). The zero-order chi connectivity index (χ0) is 17.7. The minimum atomic E-state index is 0.550. The van der Waals surface area contributed by atoms with Gasteiger partial charge >= 0.3 is 0 Å². The van der Waals surface area contributed by atoms with E-state index in [0.29, 0.717) is 24.1 Å². The van der Waals surface area contributed by atoms with Crippen LogP contribution < -0.4 is 15.4 Å². The average molecular weight is 370 g/mol. The monoisotopic (exact) mass is 369 g/mol. The fourth-order valence-electron chi connectivity index (χ4n) is 2.44. The molecule has 1 aromatic carbocycles. The topological polar surface area (TPSA) is 64.1 Å². The van der Waals surface area contributed by atoms with E-state index in [2.05, 4.69) is 15.6 Å². The highest BCUT2D eigenvalue weighted by atomic mass is 35.5. The molecule has 0 bridgehead atoms. The van der Waals surface area contributed by atoms with Gasteiger partial charge in [0.2, 0.25) is 0 Å². The van der Waals surface area contributed by atoms with Gasteiger partial charge in [0.1, 0.15) is 12.4 Å². The highest BCUT2D eigenvalue weighted by molar-refractivity contribution is 6.30. The summed E-state index contributed by atoms with van der Waals surface area (Å²) < 4.78 is 16.6. The van der Waals surface area contributed by atoms with Crippen LogP contribution in [0.15, 0.2) is 29.3 Å². The molecule has 0 aromatic heterocycles. The van der Waals surface area contributed by atoms with E-state index < -0.39 is 0 Å². The van der Waals surface area contributed by atoms with E-state index in [0.717, 1.165) is 57.5 Å². The second-order valence-corrected chi connectivity index (χ2v) is 6.32. The van der Waals surface area contributed by atoms with Crippen molar-refractivity contribution in [3.05, 3.63) is 29.3 Å². The van der Waals surface area contributed by atoms with E-state index in [9.17, 15) is 0 Å². The van der Waals surface area contributed by atoms with Crippen LogP contribution in [0.1, 0.15) is 12.8 Å². The molecular weight excluding hydrogens is 342 g/mol. The van der Waals surface area contributed by atoms with E-state index in [1.807, 2.05) is 24.3 Å². The van der Waals surface area contributed by atoms with Gasteiger partial charge in [-0.25, -0.2) is 0 Å². The standard InChI is InChI=1S/C18H28ClN3O3/c1-20-18(21-8-2-10-23-13-15-7-11-24-14-15)22-9-12-25-17-5-3-16(19)4-6-17/h3-6,15H,2,7-14H2,1H3,(H2,20,21,22). The van der Waals surface area contributed by atoms with E-state index >= 15 is 0 Å². The summed E-state index contributed by atoms with van der Waals surface area (Å²) in [6, 6.07) is 7.33. The average Bonchev–Trinajstić information content (AvgIpc) is 3.14. The summed E-state index contributed by atoms with van der Waals surface area (Å²) >= 11 is 5.84. The Bertz CT molecular complexity index is 505. The molecule has 0 saturated carbocycles. The Morgan fingerprint density at radius 3 is 2.76 bits per heavy atom. The molecule has 1 saturated heterocycles. The van der Waals surface area contributed by atoms with Gasteiger partial charge < -0.3 is 24.8 Å². The van der Waals surface area contributed by atoms with Gasteiger partial charge in [0.25, 0.3) is 0 Å². The third-order valence-electron chi connectivity index (χ3n) is 3.84. The number of hydrogen-bond donors (Lipinski definition) is 2. The minimum Gasteiger partial charge on any atom is -0.492 e.